The molecule has 0 unspecified atom stereocenters. The Morgan fingerprint density at radius 1 is 0.450 bits per heavy atom. The van der Waals surface area contributed by atoms with E-state index in [0.29, 0.717) is 11.5 Å². The van der Waals surface area contributed by atoms with Gasteiger partial charge in [-0.15, -0.1) is 0 Å². The van der Waals surface area contributed by atoms with E-state index in [2.05, 4.69) is 91.0 Å². The fourth-order valence-electron chi connectivity index (χ4n) is 6.08. The maximum absolute atomic E-state index is 10.6. The molecule has 0 bridgehead atoms. The summed E-state index contributed by atoms with van der Waals surface area (Å²) in [7, 11) is -1.71. The van der Waals surface area contributed by atoms with Crippen LogP contribution < -0.4 is 15.9 Å². The number of rotatable bonds is 14. The minimum absolute atomic E-state index is 0.337. The topological polar surface area (TPSA) is 40.5 Å². The molecule has 40 heavy (non-hydrogen) atoms. The van der Waals surface area contributed by atoms with Crippen molar-refractivity contribution in [2.75, 3.05) is 6.16 Å². The first kappa shape index (κ1) is 29.9. The Labute approximate surface area is 242 Å². The fourth-order valence-corrected chi connectivity index (χ4v) is 10.5. The summed E-state index contributed by atoms with van der Waals surface area (Å²) >= 11 is 0. The molecule has 0 radical (unpaired) electrons. The molecule has 0 fully saturated rings. The predicted molar refractivity (Wildman–Crippen MR) is 175 cm³/mol. The van der Waals surface area contributed by atoms with Crippen LogP contribution in [0.5, 0.6) is 11.5 Å². The second-order valence-electron chi connectivity index (χ2n) is 11.2. The first-order chi connectivity index (χ1) is 19.5. The SMILES string of the molecule is Cc1c(C)c(O)c(CCCCCCCCCC[P+](c2ccccc2)(c2ccccc2)c2ccccc2)c(C)c1O. The number of benzene rings is 4. The highest BCUT2D eigenvalue weighted by atomic mass is 31.2. The lowest BCUT2D eigenvalue weighted by Gasteiger charge is -2.27. The number of phenolic OH excluding ortho intramolecular Hbond substituents is 2. The number of unbranched alkanes of at least 4 members (excludes halogenated alkanes) is 7. The van der Waals surface area contributed by atoms with Crippen LogP contribution in [-0.4, -0.2) is 16.4 Å². The number of hydrogen-bond donors (Lipinski definition) is 2. The van der Waals surface area contributed by atoms with Gasteiger partial charge in [0.05, 0.1) is 6.16 Å². The molecule has 210 valence electrons. The molecule has 0 saturated heterocycles. The van der Waals surface area contributed by atoms with Gasteiger partial charge in [0, 0.05) is 5.56 Å². The van der Waals surface area contributed by atoms with E-state index in [1.165, 1.54) is 60.6 Å². The van der Waals surface area contributed by atoms with Gasteiger partial charge < -0.3 is 10.2 Å². The molecule has 4 rings (SSSR count). The third-order valence-corrected chi connectivity index (χ3v) is 13.2. The van der Waals surface area contributed by atoms with Crippen molar-refractivity contribution in [3.05, 3.63) is 113 Å². The van der Waals surface area contributed by atoms with Gasteiger partial charge in [0.2, 0.25) is 0 Å². The molecule has 4 aromatic rings. The van der Waals surface area contributed by atoms with Gasteiger partial charge in [0.15, 0.2) is 0 Å². The van der Waals surface area contributed by atoms with Crippen molar-refractivity contribution in [1.82, 2.24) is 0 Å². The Morgan fingerprint density at radius 3 is 1.27 bits per heavy atom. The summed E-state index contributed by atoms with van der Waals surface area (Å²) in [5.74, 6) is 0.705. The van der Waals surface area contributed by atoms with Crippen molar-refractivity contribution in [2.24, 2.45) is 0 Å². The van der Waals surface area contributed by atoms with Gasteiger partial charge in [0.25, 0.3) is 0 Å². The molecule has 0 saturated carbocycles. The second-order valence-corrected chi connectivity index (χ2v) is 14.8. The first-order valence-electron chi connectivity index (χ1n) is 15.0. The van der Waals surface area contributed by atoms with Crippen LogP contribution in [-0.2, 0) is 6.42 Å². The van der Waals surface area contributed by atoms with Gasteiger partial charge in [-0.2, -0.15) is 0 Å². The van der Waals surface area contributed by atoms with Crippen LogP contribution >= 0.6 is 7.26 Å². The number of aromatic hydroxyl groups is 2. The quantitative estimate of drug-likeness (QED) is 0.0932. The maximum Gasteiger partial charge on any atom is 0.122 e. The van der Waals surface area contributed by atoms with Gasteiger partial charge in [-0.3, -0.25) is 0 Å². The zero-order chi connectivity index (χ0) is 28.4. The normalized spacial score (nSPS) is 11.6. The Morgan fingerprint density at radius 2 is 0.825 bits per heavy atom. The van der Waals surface area contributed by atoms with E-state index in [1.54, 1.807) is 0 Å². The summed E-state index contributed by atoms with van der Waals surface area (Å²) in [6.07, 6.45) is 11.8. The van der Waals surface area contributed by atoms with Gasteiger partial charge >= 0.3 is 0 Å². The van der Waals surface area contributed by atoms with Crippen LogP contribution in [0.4, 0.5) is 0 Å². The molecule has 3 heteroatoms. The highest BCUT2D eigenvalue weighted by molar-refractivity contribution is 7.95. The lowest BCUT2D eigenvalue weighted by Crippen LogP contribution is -2.33. The zero-order valence-corrected chi connectivity index (χ0v) is 25.5. The minimum Gasteiger partial charge on any atom is -0.507 e. The smallest absolute Gasteiger partial charge is 0.122 e. The molecule has 2 N–H and O–H groups in total. The van der Waals surface area contributed by atoms with Gasteiger partial charge in [0.1, 0.15) is 34.7 Å². The fraction of sp³-hybridized carbons (Fsp3) is 0.351. The molecule has 0 aliphatic carbocycles. The molecular formula is C37H46O2P+. The van der Waals surface area contributed by atoms with E-state index in [1.807, 2.05) is 20.8 Å². The Kier molecular flexibility index (Phi) is 10.8. The van der Waals surface area contributed by atoms with Gasteiger partial charge in [-0.25, -0.2) is 0 Å². The van der Waals surface area contributed by atoms with Crippen molar-refractivity contribution in [1.29, 1.82) is 0 Å². The largest absolute Gasteiger partial charge is 0.507 e. The van der Waals surface area contributed by atoms with Crippen LogP contribution in [0, 0.1) is 20.8 Å². The molecule has 2 nitrogen and oxygen atoms in total. The van der Waals surface area contributed by atoms with E-state index in [9.17, 15) is 10.2 Å². The molecule has 0 atom stereocenters. The standard InChI is InChI=1S/C37H45O2P/c1-29-30(2)37(39)35(31(3)36(29)38)27-19-8-6-4-5-7-9-20-28-40(32-21-13-10-14-22-32,33-23-15-11-16-24-33)34-25-17-12-18-26-34/h10-18,21-26H,4-9,19-20,27-28H2,1-3H3,(H-,38,39)/p+1. The second kappa shape index (κ2) is 14.5. The van der Waals surface area contributed by atoms with Gasteiger partial charge in [-0.05, 0) is 99.5 Å². The van der Waals surface area contributed by atoms with Gasteiger partial charge in [-0.1, -0.05) is 86.7 Å². The van der Waals surface area contributed by atoms with Crippen LogP contribution in [0.15, 0.2) is 91.0 Å². The maximum atomic E-state index is 10.6. The van der Waals surface area contributed by atoms with Crippen LogP contribution in [0.1, 0.15) is 73.6 Å². The molecule has 0 aromatic heterocycles. The summed E-state index contributed by atoms with van der Waals surface area (Å²) < 4.78 is 0. The highest BCUT2D eigenvalue weighted by Gasteiger charge is 2.44. The van der Waals surface area contributed by atoms with Crippen LogP contribution in [0.25, 0.3) is 0 Å². The number of hydrogen-bond acceptors (Lipinski definition) is 2. The van der Waals surface area contributed by atoms with Crippen LogP contribution in [0.3, 0.4) is 0 Å². The highest BCUT2D eigenvalue weighted by Crippen LogP contribution is 2.56. The predicted octanol–water partition coefficient (Wildman–Crippen LogP) is 8.68. The molecule has 4 aromatic carbocycles. The van der Waals surface area contributed by atoms with E-state index in [0.717, 1.165) is 41.5 Å². The molecular weight excluding hydrogens is 507 g/mol. The monoisotopic (exact) mass is 553 g/mol. The third-order valence-electron chi connectivity index (χ3n) is 8.63. The molecule has 0 aliphatic rings. The van der Waals surface area contributed by atoms with Crippen molar-refractivity contribution in [3.8, 4) is 11.5 Å². The van der Waals surface area contributed by atoms with Crippen LogP contribution in [0.2, 0.25) is 0 Å². The lowest BCUT2D eigenvalue weighted by atomic mass is 9.94. The minimum atomic E-state index is -1.71. The Bertz CT molecular complexity index is 1210. The average Bonchev–Trinajstić information content (AvgIpc) is 3.01. The molecule has 0 spiro atoms. The molecule has 0 aliphatic heterocycles. The van der Waals surface area contributed by atoms with Crippen molar-refractivity contribution >= 4 is 23.2 Å². The lowest BCUT2D eigenvalue weighted by molar-refractivity contribution is 0.441. The zero-order valence-electron chi connectivity index (χ0n) is 24.6. The molecule has 0 amide bonds. The van der Waals surface area contributed by atoms with E-state index >= 15 is 0 Å². The summed E-state index contributed by atoms with van der Waals surface area (Å²) in [6.45, 7) is 5.67. The summed E-state index contributed by atoms with van der Waals surface area (Å²) in [6, 6.07) is 33.6. The van der Waals surface area contributed by atoms with Crippen molar-refractivity contribution in [2.45, 2.75) is 78.6 Å². The van der Waals surface area contributed by atoms with E-state index in [4.69, 9.17) is 0 Å². The first-order valence-corrected chi connectivity index (χ1v) is 17.0. The Balaban J connectivity index is 1.29. The third kappa shape index (κ3) is 6.79. The average molecular weight is 554 g/mol. The number of phenols is 2. The molecule has 0 heterocycles. The van der Waals surface area contributed by atoms with E-state index in [-0.39, 0.29) is 0 Å². The van der Waals surface area contributed by atoms with Crippen molar-refractivity contribution < 1.29 is 10.2 Å². The summed E-state index contributed by atoms with van der Waals surface area (Å²) in [4.78, 5) is 0. The summed E-state index contributed by atoms with van der Waals surface area (Å²) in [5, 5.41) is 25.4. The Hall–Kier alpha value is -3.09. The van der Waals surface area contributed by atoms with Crippen molar-refractivity contribution in [3.63, 3.8) is 0 Å². The van der Waals surface area contributed by atoms with E-state index < -0.39 is 7.26 Å². The summed E-state index contributed by atoms with van der Waals surface area (Å²) in [5.41, 5.74) is 3.34.